The van der Waals surface area contributed by atoms with E-state index in [1.165, 1.54) is 19.9 Å². The Bertz CT molecular complexity index is 417. The maximum Gasteiger partial charge on any atom is 0.416 e. The van der Waals surface area contributed by atoms with Crippen molar-refractivity contribution >= 4 is 20.7 Å². The highest BCUT2D eigenvalue weighted by Gasteiger charge is 2.33. The quantitative estimate of drug-likeness (QED) is 0.613. The molecule has 0 bridgehead atoms. The third-order valence-corrected chi connectivity index (χ3v) is 3.25. The summed E-state index contributed by atoms with van der Waals surface area (Å²) in [5, 5.41) is 0. The highest BCUT2D eigenvalue weighted by molar-refractivity contribution is 8.08. The number of benzene rings is 1. The lowest BCUT2D eigenvalue weighted by atomic mass is 10.1. The van der Waals surface area contributed by atoms with Crippen LogP contribution in [0, 0.1) is 13.8 Å². The van der Waals surface area contributed by atoms with E-state index in [1.54, 1.807) is 0 Å². The predicted octanol–water partition coefficient (Wildman–Crippen LogP) is 5.64. The zero-order valence-corrected chi connectivity index (χ0v) is 13.6. The summed E-state index contributed by atoms with van der Waals surface area (Å²) in [6.45, 7) is 10.8. The fourth-order valence-electron chi connectivity index (χ4n) is 1.29. The van der Waals surface area contributed by atoms with Gasteiger partial charge in [0.25, 0.3) is 0 Å². The summed E-state index contributed by atoms with van der Waals surface area (Å²) in [4.78, 5) is 0.0176. The summed E-state index contributed by atoms with van der Waals surface area (Å²) in [7, 11) is 3.38. The Morgan fingerprint density at radius 3 is 1.79 bits per heavy atom. The van der Waals surface area contributed by atoms with Crippen molar-refractivity contribution < 1.29 is 17.4 Å². The minimum Gasteiger partial charge on any atom is -0.237 e. The second-order valence-corrected chi connectivity index (χ2v) is 4.88. The third kappa shape index (κ3) is 6.43. The molecule has 112 valence electrons. The summed E-state index contributed by atoms with van der Waals surface area (Å²) in [5.41, 5.74) is -0.482. The van der Waals surface area contributed by atoms with Crippen LogP contribution in [-0.2, 0) is 16.2 Å². The van der Waals surface area contributed by atoms with E-state index in [0.29, 0.717) is 5.56 Å². The van der Waals surface area contributed by atoms with E-state index in [1.807, 2.05) is 27.7 Å². The lowest BCUT2D eigenvalue weighted by molar-refractivity contribution is -0.138. The highest BCUT2D eigenvalue weighted by Crippen LogP contribution is 2.35. The van der Waals surface area contributed by atoms with Crippen molar-refractivity contribution in [2.24, 2.45) is 0 Å². The summed E-state index contributed by atoms with van der Waals surface area (Å²) in [5.74, 6) is 0. The Morgan fingerprint density at radius 1 is 1.05 bits per heavy atom. The van der Waals surface area contributed by atoms with Crippen LogP contribution in [0.4, 0.5) is 13.2 Å². The third-order valence-electron chi connectivity index (χ3n) is 1.98. The van der Waals surface area contributed by atoms with Crippen LogP contribution in [0.2, 0.25) is 0 Å². The minimum atomic E-state index is -4.44. The predicted molar refractivity (Wildman–Crippen MR) is 75.9 cm³/mol. The Kier molecular flexibility index (Phi) is 10.2. The average Bonchev–Trinajstić information content (AvgIpc) is 2.35. The van der Waals surface area contributed by atoms with Gasteiger partial charge in [0.2, 0.25) is 0 Å². The van der Waals surface area contributed by atoms with E-state index in [9.17, 15) is 17.4 Å². The molecule has 0 N–H and O–H groups in total. The van der Waals surface area contributed by atoms with Gasteiger partial charge in [0.05, 0.1) is 10.5 Å². The molecule has 0 amide bonds. The molecule has 0 radical (unpaired) electrons. The van der Waals surface area contributed by atoms with E-state index in [2.05, 4.69) is 0 Å². The molecule has 19 heavy (non-hydrogen) atoms. The summed E-state index contributed by atoms with van der Waals surface area (Å²) >= 11 is 0. The van der Waals surface area contributed by atoms with Gasteiger partial charge in [-0.3, -0.25) is 0 Å². The molecule has 0 aliphatic rings. The number of halogens is 4. The molecule has 6 heteroatoms. The van der Waals surface area contributed by atoms with E-state index in [-0.39, 0.29) is 10.5 Å². The highest BCUT2D eigenvalue weighted by atomic mass is 35.7. The standard InChI is InChI=1S/C9H8ClF3OS.2C2H6/c1-5-3-7(9(11,12)13)6(2)8(4-5)15(10)14;2*1-2/h3-4H,1-2H3;2*1-2H3. The molecule has 1 aromatic rings. The van der Waals surface area contributed by atoms with Crippen LogP contribution >= 0.6 is 10.7 Å². The first-order valence-electron chi connectivity index (χ1n) is 6.00. The Labute approximate surface area is 120 Å². The lowest BCUT2D eigenvalue weighted by Crippen LogP contribution is -2.09. The molecule has 1 aromatic carbocycles. The lowest BCUT2D eigenvalue weighted by Gasteiger charge is -2.13. The largest absolute Gasteiger partial charge is 0.416 e. The topological polar surface area (TPSA) is 17.1 Å². The molecule has 1 unspecified atom stereocenters. The maximum atomic E-state index is 12.5. The molecule has 0 aliphatic carbocycles. The second kappa shape index (κ2) is 9.37. The molecule has 1 nitrogen and oxygen atoms in total. The van der Waals surface area contributed by atoms with E-state index in [0.717, 1.165) is 6.07 Å². The van der Waals surface area contributed by atoms with Gasteiger partial charge in [-0.15, -0.1) is 0 Å². The van der Waals surface area contributed by atoms with Crippen molar-refractivity contribution in [1.29, 1.82) is 0 Å². The van der Waals surface area contributed by atoms with Gasteiger partial charge in [0.15, 0.2) is 0 Å². The van der Waals surface area contributed by atoms with Crippen molar-refractivity contribution in [2.75, 3.05) is 0 Å². The Morgan fingerprint density at radius 2 is 1.47 bits per heavy atom. The van der Waals surface area contributed by atoms with Crippen molar-refractivity contribution in [1.82, 2.24) is 0 Å². The van der Waals surface area contributed by atoms with Crippen LogP contribution in [0.5, 0.6) is 0 Å². The average molecular weight is 317 g/mol. The molecular weight excluding hydrogens is 297 g/mol. The summed E-state index contributed by atoms with van der Waals surface area (Å²) in [6, 6.07) is 2.41. The Balaban J connectivity index is 0. The van der Waals surface area contributed by atoms with Crippen LogP contribution in [0.25, 0.3) is 0 Å². The number of rotatable bonds is 1. The first kappa shape index (κ1) is 20.8. The van der Waals surface area contributed by atoms with Crippen molar-refractivity contribution in [3.63, 3.8) is 0 Å². The van der Waals surface area contributed by atoms with Crippen LogP contribution in [0.1, 0.15) is 44.4 Å². The first-order valence-corrected chi connectivity index (χ1v) is 7.97. The van der Waals surface area contributed by atoms with Gasteiger partial charge >= 0.3 is 6.18 Å². The van der Waals surface area contributed by atoms with Gasteiger partial charge in [-0.1, -0.05) is 27.7 Å². The van der Waals surface area contributed by atoms with Gasteiger partial charge in [0.1, 0.15) is 10.0 Å². The van der Waals surface area contributed by atoms with E-state index >= 15 is 0 Å². The minimum absolute atomic E-state index is 0.0176. The van der Waals surface area contributed by atoms with Gasteiger partial charge in [-0.2, -0.15) is 13.2 Å². The van der Waals surface area contributed by atoms with E-state index in [4.69, 9.17) is 10.7 Å². The first-order chi connectivity index (χ1) is 8.73. The fourth-order valence-corrected chi connectivity index (χ4v) is 2.40. The van der Waals surface area contributed by atoms with Gasteiger partial charge < -0.3 is 0 Å². The van der Waals surface area contributed by atoms with Crippen LogP contribution in [-0.4, -0.2) is 4.21 Å². The number of alkyl halides is 3. The van der Waals surface area contributed by atoms with Crippen molar-refractivity contribution in [3.05, 3.63) is 28.8 Å². The van der Waals surface area contributed by atoms with Crippen LogP contribution in [0.3, 0.4) is 0 Å². The van der Waals surface area contributed by atoms with Crippen LogP contribution < -0.4 is 0 Å². The van der Waals surface area contributed by atoms with E-state index < -0.39 is 21.8 Å². The molecule has 0 fully saturated rings. The van der Waals surface area contributed by atoms with Crippen molar-refractivity contribution in [2.45, 2.75) is 52.6 Å². The summed E-state index contributed by atoms with van der Waals surface area (Å²) < 4.78 is 48.6. The number of aryl methyl sites for hydroxylation is 1. The summed E-state index contributed by atoms with van der Waals surface area (Å²) in [6.07, 6.45) is -4.44. The van der Waals surface area contributed by atoms with Gasteiger partial charge in [0, 0.05) is 0 Å². The monoisotopic (exact) mass is 316 g/mol. The second-order valence-electron chi connectivity index (χ2n) is 3.16. The molecule has 0 aromatic heterocycles. The smallest absolute Gasteiger partial charge is 0.237 e. The maximum absolute atomic E-state index is 12.5. The number of hydrogen-bond acceptors (Lipinski definition) is 1. The molecule has 0 heterocycles. The molecule has 1 rings (SSSR count). The number of hydrogen-bond donors (Lipinski definition) is 0. The van der Waals surface area contributed by atoms with Gasteiger partial charge in [-0.05, 0) is 47.8 Å². The molecule has 0 saturated carbocycles. The zero-order chi connectivity index (χ0) is 15.8. The fraction of sp³-hybridized carbons (Fsp3) is 0.538. The van der Waals surface area contributed by atoms with Crippen LogP contribution in [0.15, 0.2) is 17.0 Å². The molecule has 1 atom stereocenters. The molecule has 0 spiro atoms. The Hall–Kier alpha value is -0.550. The zero-order valence-electron chi connectivity index (χ0n) is 12.0. The van der Waals surface area contributed by atoms with Gasteiger partial charge in [-0.25, -0.2) is 4.21 Å². The SMILES string of the molecule is CC.CC.Cc1cc(S(=O)Cl)c(C)c(C(F)(F)F)c1. The molecule has 0 aliphatic heterocycles. The normalized spacial score (nSPS) is 11.7. The molecular formula is C13H20ClF3OS. The molecule has 0 saturated heterocycles. The van der Waals surface area contributed by atoms with Crippen molar-refractivity contribution in [3.8, 4) is 0 Å².